The van der Waals surface area contributed by atoms with Gasteiger partial charge in [-0.05, 0) is 19.3 Å². The predicted molar refractivity (Wildman–Crippen MR) is 96.9 cm³/mol. The van der Waals surface area contributed by atoms with Gasteiger partial charge in [0.1, 0.15) is 5.01 Å². The molecule has 0 bridgehead atoms. The molecule has 0 amide bonds. The predicted octanol–water partition coefficient (Wildman–Crippen LogP) is 3.45. The second kappa shape index (κ2) is 9.55. The molecule has 0 saturated heterocycles. The molecule has 1 saturated carbocycles. The Hall–Kier alpha value is -0.370. The number of nitrogens with two attached hydrogens (primary N) is 1. The van der Waals surface area contributed by atoms with E-state index >= 15 is 0 Å². The van der Waals surface area contributed by atoms with Crippen molar-refractivity contribution in [3.63, 3.8) is 0 Å². The van der Waals surface area contributed by atoms with Gasteiger partial charge < -0.3 is 11.1 Å². The zero-order valence-electron chi connectivity index (χ0n) is 12.1. The van der Waals surface area contributed by atoms with Gasteiger partial charge in [0.05, 0.1) is 6.54 Å². The molecular weight excluding hydrogens is 383 g/mol. The fourth-order valence-electron chi connectivity index (χ4n) is 2.42. The van der Waals surface area contributed by atoms with Gasteiger partial charge in [-0.15, -0.1) is 35.3 Å². The highest BCUT2D eigenvalue weighted by Gasteiger charge is 2.12. The van der Waals surface area contributed by atoms with Crippen molar-refractivity contribution in [2.75, 3.05) is 0 Å². The molecule has 3 N–H and O–H groups in total. The molecule has 20 heavy (non-hydrogen) atoms. The fraction of sp³-hybridized carbons (Fsp3) is 0.714. The molecular formula is C14H25IN4S. The summed E-state index contributed by atoms with van der Waals surface area (Å²) >= 11 is 1.72. The molecule has 1 aliphatic carbocycles. The van der Waals surface area contributed by atoms with Crippen LogP contribution in [0, 0.1) is 0 Å². The van der Waals surface area contributed by atoms with Crippen molar-refractivity contribution in [3.8, 4) is 0 Å². The second-order valence-corrected chi connectivity index (χ2v) is 6.31. The molecule has 1 aromatic rings. The van der Waals surface area contributed by atoms with Crippen LogP contribution in [-0.2, 0) is 13.0 Å². The Balaban J connectivity index is 0.00000200. The maximum absolute atomic E-state index is 5.96. The Morgan fingerprint density at radius 2 is 2.10 bits per heavy atom. The van der Waals surface area contributed by atoms with Crippen molar-refractivity contribution in [1.29, 1.82) is 0 Å². The van der Waals surface area contributed by atoms with Crippen molar-refractivity contribution in [2.45, 2.75) is 64.5 Å². The lowest BCUT2D eigenvalue weighted by Gasteiger charge is -2.16. The molecule has 114 valence electrons. The van der Waals surface area contributed by atoms with Gasteiger partial charge >= 0.3 is 0 Å². The average Bonchev–Trinajstić information content (AvgIpc) is 2.73. The smallest absolute Gasteiger partial charge is 0.189 e. The summed E-state index contributed by atoms with van der Waals surface area (Å²) in [5.74, 6) is 0.570. The van der Waals surface area contributed by atoms with E-state index in [1.807, 2.05) is 6.20 Å². The minimum Gasteiger partial charge on any atom is -0.370 e. The minimum absolute atomic E-state index is 0. The van der Waals surface area contributed by atoms with Crippen LogP contribution in [0.4, 0.5) is 0 Å². The maximum Gasteiger partial charge on any atom is 0.189 e. The standard InChI is InChI=1S/C14H24N4S.HI/c1-2-12-9-16-13(19-12)10-17-14(15)18-11-7-5-3-4-6-8-11;/h9,11H,2-8,10H2,1H3,(H3,15,17,18);1H. The summed E-state index contributed by atoms with van der Waals surface area (Å²) < 4.78 is 0. The molecule has 0 spiro atoms. The fourth-order valence-corrected chi connectivity index (χ4v) is 3.20. The molecule has 0 unspecified atom stereocenters. The highest BCUT2D eigenvalue weighted by atomic mass is 127. The van der Waals surface area contributed by atoms with E-state index in [0.29, 0.717) is 18.5 Å². The number of guanidine groups is 1. The topological polar surface area (TPSA) is 63.3 Å². The first kappa shape index (κ1) is 17.7. The first-order valence-corrected chi connectivity index (χ1v) is 8.09. The van der Waals surface area contributed by atoms with E-state index in [1.54, 1.807) is 11.3 Å². The lowest BCUT2D eigenvalue weighted by molar-refractivity contribution is 0.530. The Morgan fingerprint density at radius 3 is 2.70 bits per heavy atom. The minimum atomic E-state index is 0. The van der Waals surface area contributed by atoms with E-state index < -0.39 is 0 Å². The normalized spacial score (nSPS) is 17.4. The Bertz CT molecular complexity index is 411. The summed E-state index contributed by atoms with van der Waals surface area (Å²) in [6.45, 7) is 2.73. The average molecular weight is 408 g/mol. The van der Waals surface area contributed by atoms with E-state index in [2.05, 4.69) is 22.2 Å². The lowest BCUT2D eigenvalue weighted by atomic mass is 10.1. The zero-order chi connectivity index (χ0) is 13.5. The quantitative estimate of drug-likeness (QED) is 0.347. The summed E-state index contributed by atoms with van der Waals surface area (Å²) in [5.41, 5.74) is 5.96. The Morgan fingerprint density at radius 1 is 1.40 bits per heavy atom. The number of halogens is 1. The molecule has 6 heteroatoms. The number of aliphatic imine (C=N–C) groups is 1. The van der Waals surface area contributed by atoms with Crippen LogP contribution in [-0.4, -0.2) is 17.0 Å². The number of rotatable bonds is 4. The van der Waals surface area contributed by atoms with E-state index in [1.165, 1.54) is 43.4 Å². The third-order valence-electron chi connectivity index (χ3n) is 3.54. The molecule has 0 aromatic carbocycles. The van der Waals surface area contributed by atoms with Gasteiger partial charge in [-0.1, -0.05) is 32.6 Å². The van der Waals surface area contributed by atoms with Crippen LogP contribution >= 0.6 is 35.3 Å². The number of aryl methyl sites for hydroxylation is 1. The SMILES string of the molecule is CCc1cnc(CN=C(N)NC2CCCCCC2)s1.I. The van der Waals surface area contributed by atoms with E-state index in [4.69, 9.17) is 5.73 Å². The maximum atomic E-state index is 5.96. The number of thiazole rings is 1. The molecule has 0 radical (unpaired) electrons. The van der Waals surface area contributed by atoms with Crippen molar-refractivity contribution >= 4 is 41.3 Å². The third-order valence-corrected chi connectivity index (χ3v) is 4.67. The van der Waals surface area contributed by atoms with Crippen LogP contribution in [0.1, 0.15) is 55.3 Å². The van der Waals surface area contributed by atoms with Gasteiger partial charge in [0.15, 0.2) is 5.96 Å². The van der Waals surface area contributed by atoms with Crippen molar-refractivity contribution < 1.29 is 0 Å². The molecule has 4 nitrogen and oxygen atoms in total. The first-order chi connectivity index (χ1) is 9.28. The number of hydrogen-bond acceptors (Lipinski definition) is 3. The molecule has 2 rings (SSSR count). The van der Waals surface area contributed by atoms with Crippen LogP contribution in [0.2, 0.25) is 0 Å². The van der Waals surface area contributed by atoms with Crippen LogP contribution in [0.3, 0.4) is 0 Å². The van der Waals surface area contributed by atoms with Gasteiger partial charge in [0, 0.05) is 17.1 Å². The van der Waals surface area contributed by atoms with Crippen molar-refractivity contribution in [1.82, 2.24) is 10.3 Å². The molecule has 0 atom stereocenters. The molecule has 1 aliphatic rings. The van der Waals surface area contributed by atoms with E-state index in [9.17, 15) is 0 Å². The molecule has 0 aliphatic heterocycles. The number of aromatic nitrogens is 1. The Kier molecular flexibility index (Phi) is 8.44. The first-order valence-electron chi connectivity index (χ1n) is 7.28. The van der Waals surface area contributed by atoms with Gasteiger partial charge in [-0.2, -0.15) is 0 Å². The zero-order valence-corrected chi connectivity index (χ0v) is 15.2. The number of hydrogen-bond donors (Lipinski definition) is 2. The van der Waals surface area contributed by atoms with Crippen molar-refractivity contribution in [3.05, 3.63) is 16.1 Å². The summed E-state index contributed by atoms with van der Waals surface area (Å²) in [5, 5.41) is 4.40. The van der Waals surface area contributed by atoms with E-state index in [-0.39, 0.29) is 24.0 Å². The summed E-state index contributed by atoms with van der Waals surface area (Å²) in [7, 11) is 0. The Labute approximate surface area is 142 Å². The van der Waals surface area contributed by atoms with Gasteiger partial charge in [0.25, 0.3) is 0 Å². The molecule has 1 aromatic heterocycles. The van der Waals surface area contributed by atoms with Gasteiger partial charge in [-0.25, -0.2) is 9.98 Å². The van der Waals surface area contributed by atoms with E-state index in [0.717, 1.165) is 11.4 Å². The van der Waals surface area contributed by atoms with Gasteiger partial charge in [-0.3, -0.25) is 0 Å². The van der Waals surface area contributed by atoms with Crippen LogP contribution in [0.15, 0.2) is 11.2 Å². The lowest BCUT2D eigenvalue weighted by Crippen LogP contribution is -2.39. The van der Waals surface area contributed by atoms with Crippen LogP contribution in [0.5, 0.6) is 0 Å². The largest absolute Gasteiger partial charge is 0.370 e. The second-order valence-electron chi connectivity index (χ2n) is 5.11. The summed E-state index contributed by atoms with van der Waals surface area (Å²) in [6.07, 6.45) is 10.7. The summed E-state index contributed by atoms with van der Waals surface area (Å²) in [4.78, 5) is 10.1. The number of nitrogens with one attached hydrogen (secondary N) is 1. The van der Waals surface area contributed by atoms with Crippen molar-refractivity contribution in [2.24, 2.45) is 10.7 Å². The molecule has 1 heterocycles. The third kappa shape index (κ3) is 5.95. The van der Waals surface area contributed by atoms with Crippen LogP contribution in [0.25, 0.3) is 0 Å². The summed E-state index contributed by atoms with van der Waals surface area (Å²) in [6, 6.07) is 0.508. The highest BCUT2D eigenvalue weighted by Crippen LogP contribution is 2.17. The highest BCUT2D eigenvalue weighted by molar-refractivity contribution is 14.0. The molecule has 1 fully saturated rings. The van der Waals surface area contributed by atoms with Gasteiger partial charge in [0.2, 0.25) is 0 Å². The van der Waals surface area contributed by atoms with Crippen LogP contribution < -0.4 is 11.1 Å². The monoisotopic (exact) mass is 408 g/mol. The number of nitrogens with zero attached hydrogens (tertiary/aromatic N) is 2.